The van der Waals surface area contributed by atoms with E-state index in [4.69, 9.17) is 9.47 Å². The van der Waals surface area contributed by atoms with Crippen LogP contribution in [0.5, 0.6) is 0 Å². The second kappa shape index (κ2) is 4.31. The minimum Gasteiger partial charge on any atom is -0.390 e. The maximum Gasteiger partial charge on any atom is 0.168 e. The first kappa shape index (κ1) is 11.6. The van der Waals surface area contributed by atoms with Gasteiger partial charge in [0, 0.05) is 30.3 Å². The van der Waals surface area contributed by atoms with Crippen molar-refractivity contribution in [2.75, 3.05) is 13.2 Å². The van der Waals surface area contributed by atoms with Crippen molar-refractivity contribution >= 4 is 11.3 Å². The molecule has 1 saturated heterocycles. The Bertz CT molecular complexity index is 363. The maximum atomic E-state index is 10.6. The smallest absolute Gasteiger partial charge is 0.168 e. The van der Waals surface area contributed by atoms with Crippen molar-refractivity contribution in [2.24, 2.45) is 0 Å². The molecule has 1 aliphatic carbocycles. The standard InChI is InChI=1S/C12H17NO3S/c14-11(7-10-8-13-9-17-10)1-3-12(4-2-11)15-5-6-16-12/h8-9,14H,1-7H2. The Hall–Kier alpha value is -0.490. The Balaban J connectivity index is 1.63. The summed E-state index contributed by atoms with van der Waals surface area (Å²) in [5.74, 6) is -0.389. The third kappa shape index (κ3) is 2.38. The van der Waals surface area contributed by atoms with Gasteiger partial charge >= 0.3 is 0 Å². The molecule has 1 saturated carbocycles. The van der Waals surface area contributed by atoms with Gasteiger partial charge in [0.2, 0.25) is 0 Å². The molecule has 2 aliphatic rings. The topological polar surface area (TPSA) is 51.6 Å². The third-order valence-corrected chi connectivity index (χ3v) is 4.52. The molecule has 1 aromatic heterocycles. The molecule has 0 unspecified atom stereocenters. The second-order valence-corrected chi connectivity index (χ2v) is 5.95. The molecule has 1 N–H and O–H groups in total. The highest BCUT2D eigenvalue weighted by Crippen LogP contribution is 2.41. The molecule has 1 aromatic rings. The van der Waals surface area contributed by atoms with E-state index in [1.807, 2.05) is 11.7 Å². The van der Waals surface area contributed by atoms with Crippen LogP contribution in [0.2, 0.25) is 0 Å². The lowest BCUT2D eigenvalue weighted by Gasteiger charge is -2.40. The summed E-state index contributed by atoms with van der Waals surface area (Å²) in [6.07, 6.45) is 5.61. The quantitative estimate of drug-likeness (QED) is 0.874. The van der Waals surface area contributed by atoms with Crippen molar-refractivity contribution in [3.63, 3.8) is 0 Å². The summed E-state index contributed by atoms with van der Waals surface area (Å²) >= 11 is 1.61. The SMILES string of the molecule is OC1(Cc2cncs2)CCC2(CC1)OCCO2. The number of ether oxygens (including phenoxy) is 2. The predicted octanol–water partition coefficient (Wildman–Crippen LogP) is 1.73. The molecule has 0 atom stereocenters. The Labute approximate surface area is 105 Å². The number of aliphatic hydroxyl groups is 1. The molecule has 2 heterocycles. The van der Waals surface area contributed by atoms with E-state index >= 15 is 0 Å². The van der Waals surface area contributed by atoms with Crippen molar-refractivity contribution in [1.82, 2.24) is 4.98 Å². The number of hydrogen-bond acceptors (Lipinski definition) is 5. The van der Waals surface area contributed by atoms with Crippen LogP contribution < -0.4 is 0 Å². The van der Waals surface area contributed by atoms with Crippen molar-refractivity contribution in [2.45, 2.75) is 43.5 Å². The summed E-state index contributed by atoms with van der Waals surface area (Å²) in [4.78, 5) is 5.20. The minimum atomic E-state index is -0.604. The van der Waals surface area contributed by atoms with Crippen LogP contribution in [0.15, 0.2) is 11.7 Å². The molecule has 0 aromatic carbocycles. The summed E-state index contributed by atoms with van der Waals surface area (Å²) in [6, 6.07) is 0. The number of hydrogen-bond donors (Lipinski definition) is 1. The van der Waals surface area contributed by atoms with Crippen LogP contribution in [-0.4, -0.2) is 34.7 Å². The van der Waals surface area contributed by atoms with Gasteiger partial charge in [-0.1, -0.05) is 0 Å². The summed E-state index contributed by atoms with van der Waals surface area (Å²) < 4.78 is 11.3. The largest absolute Gasteiger partial charge is 0.390 e. The van der Waals surface area contributed by atoms with Crippen molar-refractivity contribution < 1.29 is 14.6 Å². The number of rotatable bonds is 2. The van der Waals surface area contributed by atoms with Gasteiger partial charge in [0.15, 0.2) is 5.79 Å². The third-order valence-electron chi connectivity index (χ3n) is 3.74. The van der Waals surface area contributed by atoms with Gasteiger partial charge in [0.05, 0.1) is 24.3 Å². The van der Waals surface area contributed by atoms with Gasteiger partial charge in [0.1, 0.15) is 0 Å². The lowest BCUT2D eigenvalue weighted by atomic mass is 9.79. The van der Waals surface area contributed by atoms with Gasteiger partial charge in [-0.2, -0.15) is 0 Å². The maximum absolute atomic E-state index is 10.6. The van der Waals surface area contributed by atoms with Crippen molar-refractivity contribution in [1.29, 1.82) is 0 Å². The Morgan fingerprint density at radius 1 is 1.24 bits per heavy atom. The first-order valence-corrected chi connectivity index (χ1v) is 6.96. The molecule has 1 spiro atoms. The number of aromatic nitrogens is 1. The highest BCUT2D eigenvalue weighted by atomic mass is 32.1. The highest BCUT2D eigenvalue weighted by Gasteiger charge is 2.45. The van der Waals surface area contributed by atoms with Gasteiger partial charge in [0.25, 0.3) is 0 Å². The molecule has 2 fully saturated rings. The van der Waals surface area contributed by atoms with E-state index in [0.29, 0.717) is 19.6 Å². The van der Waals surface area contributed by atoms with E-state index in [9.17, 15) is 5.11 Å². The van der Waals surface area contributed by atoms with Gasteiger partial charge in [-0.25, -0.2) is 0 Å². The van der Waals surface area contributed by atoms with E-state index in [2.05, 4.69) is 4.98 Å². The fraction of sp³-hybridized carbons (Fsp3) is 0.750. The fourth-order valence-electron chi connectivity index (χ4n) is 2.71. The average Bonchev–Trinajstić information content (AvgIpc) is 2.96. The summed E-state index contributed by atoms with van der Waals surface area (Å²) in [5.41, 5.74) is 1.21. The van der Waals surface area contributed by atoms with Crippen molar-refractivity contribution in [3.05, 3.63) is 16.6 Å². The molecule has 5 heteroatoms. The molecular formula is C12H17NO3S. The van der Waals surface area contributed by atoms with E-state index < -0.39 is 5.60 Å². The molecule has 4 nitrogen and oxygen atoms in total. The highest BCUT2D eigenvalue weighted by molar-refractivity contribution is 7.09. The summed E-state index contributed by atoms with van der Waals surface area (Å²) in [6.45, 7) is 1.38. The molecular weight excluding hydrogens is 238 g/mol. The number of thiazole rings is 1. The molecule has 17 heavy (non-hydrogen) atoms. The van der Waals surface area contributed by atoms with Crippen LogP contribution in [0.25, 0.3) is 0 Å². The van der Waals surface area contributed by atoms with Crippen LogP contribution in [0.1, 0.15) is 30.6 Å². The minimum absolute atomic E-state index is 0.389. The first-order chi connectivity index (χ1) is 8.20. The molecule has 0 bridgehead atoms. The van der Waals surface area contributed by atoms with Gasteiger partial charge in [-0.05, 0) is 12.8 Å². The predicted molar refractivity (Wildman–Crippen MR) is 63.9 cm³/mol. The van der Waals surface area contributed by atoms with Crippen LogP contribution in [-0.2, 0) is 15.9 Å². The molecule has 94 valence electrons. The lowest BCUT2D eigenvalue weighted by Crippen LogP contribution is -2.44. The van der Waals surface area contributed by atoms with E-state index in [-0.39, 0.29) is 5.79 Å². The monoisotopic (exact) mass is 255 g/mol. The van der Waals surface area contributed by atoms with Gasteiger partial charge in [-0.15, -0.1) is 11.3 Å². The Kier molecular flexibility index (Phi) is 2.94. The average molecular weight is 255 g/mol. The van der Waals surface area contributed by atoms with Gasteiger partial charge in [-0.3, -0.25) is 4.98 Å². The van der Waals surface area contributed by atoms with E-state index in [0.717, 1.165) is 30.6 Å². The Morgan fingerprint density at radius 3 is 2.53 bits per heavy atom. The van der Waals surface area contributed by atoms with Gasteiger partial charge < -0.3 is 14.6 Å². The van der Waals surface area contributed by atoms with E-state index in [1.54, 1.807) is 11.3 Å². The summed E-state index contributed by atoms with van der Waals surface area (Å²) in [7, 11) is 0. The molecule has 0 amide bonds. The van der Waals surface area contributed by atoms with Crippen LogP contribution in [0.3, 0.4) is 0 Å². The fourth-order valence-corrected chi connectivity index (χ4v) is 3.44. The zero-order chi connectivity index (χ0) is 11.8. The first-order valence-electron chi connectivity index (χ1n) is 6.08. The van der Waals surface area contributed by atoms with Crippen LogP contribution >= 0.6 is 11.3 Å². The van der Waals surface area contributed by atoms with Crippen LogP contribution in [0.4, 0.5) is 0 Å². The second-order valence-electron chi connectivity index (χ2n) is 4.98. The molecule has 3 rings (SSSR count). The van der Waals surface area contributed by atoms with Crippen LogP contribution in [0, 0.1) is 0 Å². The van der Waals surface area contributed by atoms with Crippen molar-refractivity contribution in [3.8, 4) is 0 Å². The lowest BCUT2D eigenvalue weighted by molar-refractivity contribution is -0.202. The van der Waals surface area contributed by atoms with E-state index in [1.165, 1.54) is 0 Å². The zero-order valence-corrected chi connectivity index (χ0v) is 10.5. The Morgan fingerprint density at radius 2 is 1.94 bits per heavy atom. The summed E-state index contributed by atoms with van der Waals surface area (Å²) in [5, 5.41) is 10.6. The number of nitrogens with zero attached hydrogens (tertiary/aromatic N) is 1. The molecule has 1 aliphatic heterocycles. The zero-order valence-electron chi connectivity index (χ0n) is 9.72. The molecule has 0 radical (unpaired) electrons. The normalized spacial score (nSPS) is 26.4.